The van der Waals surface area contributed by atoms with Crippen LogP contribution in [0.3, 0.4) is 0 Å². The lowest BCUT2D eigenvalue weighted by Crippen LogP contribution is -2.02. The van der Waals surface area contributed by atoms with Crippen molar-refractivity contribution in [3.8, 4) is 0 Å². The van der Waals surface area contributed by atoms with Crippen molar-refractivity contribution in [3.05, 3.63) is 28.9 Å². The van der Waals surface area contributed by atoms with E-state index in [1.54, 1.807) is 23.7 Å². The second-order valence-electron chi connectivity index (χ2n) is 4.12. The number of fused-ring (bicyclic) bond motifs is 1. The van der Waals surface area contributed by atoms with Crippen molar-refractivity contribution in [1.82, 2.24) is 9.78 Å². The van der Waals surface area contributed by atoms with Crippen LogP contribution in [-0.4, -0.2) is 15.6 Å². The molecule has 0 atom stereocenters. The molecule has 84 valence electrons. The highest BCUT2D eigenvalue weighted by Gasteiger charge is 2.12. The van der Waals surface area contributed by atoms with Crippen LogP contribution in [0, 0.1) is 0 Å². The number of ketones is 1. The highest BCUT2D eigenvalue weighted by Crippen LogP contribution is 2.26. The van der Waals surface area contributed by atoms with E-state index >= 15 is 0 Å². The summed E-state index contributed by atoms with van der Waals surface area (Å²) < 4.78 is 1.76. The Balaban J connectivity index is 2.67. The van der Waals surface area contributed by atoms with E-state index in [9.17, 15) is 4.79 Å². The van der Waals surface area contributed by atoms with Gasteiger partial charge in [-0.2, -0.15) is 5.10 Å². The van der Waals surface area contributed by atoms with Crippen LogP contribution in [0.25, 0.3) is 10.9 Å². The molecule has 0 bridgehead atoms. The van der Waals surface area contributed by atoms with E-state index in [4.69, 9.17) is 11.6 Å². The Labute approximate surface area is 99.0 Å². The van der Waals surface area contributed by atoms with Crippen LogP contribution in [0.2, 0.25) is 5.15 Å². The summed E-state index contributed by atoms with van der Waals surface area (Å²) >= 11 is 6.20. The van der Waals surface area contributed by atoms with Gasteiger partial charge in [0.2, 0.25) is 0 Å². The Morgan fingerprint density at radius 3 is 2.69 bits per heavy atom. The van der Waals surface area contributed by atoms with Gasteiger partial charge in [-0.05, 0) is 32.9 Å². The summed E-state index contributed by atoms with van der Waals surface area (Å²) in [6.07, 6.45) is 0. The van der Waals surface area contributed by atoms with E-state index in [0.29, 0.717) is 10.7 Å². The van der Waals surface area contributed by atoms with Crippen LogP contribution >= 0.6 is 11.6 Å². The van der Waals surface area contributed by atoms with Gasteiger partial charge < -0.3 is 0 Å². The smallest absolute Gasteiger partial charge is 0.159 e. The van der Waals surface area contributed by atoms with E-state index in [1.807, 2.05) is 19.9 Å². The molecule has 1 heterocycles. The number of nitrogens with zero attached hydrogens (tertiary/aromatic N) is 2. The molecule has 16 heavy (non-hydrogen) atoms. The molecule has 0 spiro atoms. The molecule has 1 aromatic heterocycles. The van der Waals surface area contributed by atoms with Gasteiger partial charge in [-0.3, -0.25) is 9.48 Å². The average molecular weight is 237 g/mol. The fraction of sp³-hybridized carbons (Fsp3) is 0.333. The lowest BCUT2D eigenvalue weighted by atomic mass is 10.1. The van der Waals surface area contributed by atoms with Crippen LogP contribution in [0.1, 0.15) is 37.2 Å². The van der Waals surface area contributed by atoms with Gasteiger partial charge in [-0.15, -0.1) is 0 Å². The SMILES string of the molecule is CC(=O)c1ccc2c(Cl)n(C(C)C)nc2c1. The maximum atomic E-state index is 11.2. The van der Waals surface area contributed by atoms with Crippen LogP contribution < -0.4 is 0 Å². The predicted octanol–water partition coefficient (Wildman–Crippen LogP) is 3.47. The van der Waals surface area contributed by atoms with E-state index in [-0.39, 0.29) is 11.8 Å². The molecule has 0 radical (unpaired) electrons. The molecular weight excluding hydrogens is 224 g/mol. The van der Waals surface area contributed by atoms with Crippen LogP contribution in [0.4, 0.5) is 0 Å². The molecule has 0 saturated heterocycles. The topological polar surface area (TPSA) is 34.9 Å². The van der Waals surface area contributed by atoms with Crippen molar-refractivity contribution < 1.29 is 4.79 Å². The molecule has 0 aliphatic rings. The molecule has 2 aromatic rings. The molecule has 0 unspecified atom stereocenters. The van der Waals surface area contributed by atoms with Crippen LogP contribution in [-0.2, 0) is 0 Å². The molecule has 0 amide bonds. The van der Waals surface area contributed by atoms with Crippen molar-refractivity contribution in [3.63, 3.8) is 0 Å². The number of hydrogen-bond acceptors (Lipinski definition) is 2. The number of benzene rings is 1. The average Bonchev–Trinajstić information content (AvgIpc) is 2.55. The Hall–Kier alpha value is -1.35. The largest absolute Gasteiger partial charge is 0.295 e. The first-order valence-electron chi connectivity index (χ1n) is 5.19. The molecule has 3 nitrogen and oxygen atoms in total. The standard InChI is InChI=1S/C12H13ClN2O/c1-7(2)15-12(13)10-5-4-9(8(3)16)6-11(10)14-15/h4-7H,1-3H3. The van der Waals surface area contributed by atoms with Crippen molar-refractivity contribution in [2.75, 3.05) is 0 Å². The van der Waals surface area contributed by atoms with Gasteiger partial charge in [0.1, 0.15) is 5.15 Å². The molecule has 0 N–H and O–H groups in total. The predicted molar refractivity (Wildman–Crippen MR) is 65.1 cm³/mol. The summed E-state index contributed by atoms with van der Waals surface area (Å²) in [5.41, 5.74) is 1.43. The van der Waals surface area contributed by atoms with Gasteiger partial charge in [0, 0.05) is 17.0 Å². The minimum atomic E-state index is 0.0390. The van der Waals surface area contributed by atoms with Crippen molar-refractivity contribution >= 4 is 28.3 Å². The second-order valence-corrected chi connectivity index (χ2v) is 4.48. The van der Waals surface area contributed by atoms with Gasteiger partial charge in [0.15, 0.2) is 5.78 Å². The summed E-state index contributed by atoms with van der Waals surface area (Å²) in [5.74, 6) is 0.0390. The number of Topliss-reactive ketones (excluding diaryl/α,β-unsaturated/α-hetero) is 1. The van der Waals surface area contributed by atoms with Gasteiger partial charge in [0.25, 0.3) is 0 Å². The lowest BCUT2D eigenvalue weighted by Gasteiger charge is -2.05. The molecule has 0 fully saturated rings. The first-order valence-corrected chi connectivity index (χ1v) is 5.57. The molecule has 4 heteroatoms. The van der Waals surface area contributed by atoms with Crippen LogP contribution in [0.15, 0.2) is 18.2 Å². The third-order valence-electron chi connectivity index (χ3n) is 2.53. The zero-order valence-corrected chi connectivity index (χ0v) is 10.2. The number of hydrogen-bond donors (Lipinski definition) is 0. The highest BCUT2D eigenvalue weighted by molar-refractivity contribution is 6.34. The van der Waals surface area contributed by atoms with E-state index in [0.717, 1.165) is 10.9 Å². The molecule has 0 saturated carbocycles. The van der Waals surface area contributed by atoms with Gasteiger partial charge in [-0.25, -0.2) is 0 Å². The van der Waals surface area contributed by atoms with Crippen molar-refractivity contribution in [2.24, 2.45) is 0 Å². The number of carbonyl (C=O) groups is 1. The summed E-state index contributed by atoms with van der Waals surface area (Å²) in [6, 6.07) is 5.62. The van der Waals surface area contributed by atoms with Crippen LogP contribution in [0.5, 0.6) is 0 Å². The summed E-state index contributed by atoms with van der Waals surface area (Å²) in [7, 11) is 0. The fourth-order valence-corrected chi connectivity index (χ4v) is 2.03. The monoisotopic (exact) mass is 236 g/mol. The highest BCUT2D eigenvalue weighted by atomic mass is 35.5. The quantitative estimate of drug-likeness (QED) is 0.749. The maximum absolute atomic E-state index is 11.2. The van der Waals surface area contributed by atoms with E-state index in [1.165, 1.54) is 0 Å². The first kappa shape index (κ1) is 11.1. The van der Waals surface area contributed by atoms with Gasteiger partial charge >= 0.3 is 0 Å². The number of aromatic nitrogens is 2. The third-order valence-corrected chi connectivity index (χ3v) is 2.91. The minimum absolute atomic E-state index is 0.0390. The molecule has 0 aliphatic heterocycles. The summed E-state index contributed by atoms with van der Waals surface area (Å²) in [5, 5.41) is 5.90. The number of halogens is 1. The second kappa shape index (κ2) is 3.91. The normalized spacial score (nSPS) is 11.3. The first-order chi connectivity index (χ1) is 7.50. The maximum Gasteiger partial charge on any atom is 0.159 e. The van der Waals surface area contributed by atoms with Gasteiger partial charge in [-0.1, -0.05) is 17.7 Å². The molecule has 0 aliphatic carbocycles. The molecule has 1 aromatic carbocycles. The Bertz CT molecular complexity index is 557. The Kier molecular flexibility index (Phi) is 2.72. The number of rotatable bonds is 2. The zero-order valence-electron chi connectivity index (χ0n) is 9.49. The summed E-state index contributed by atoms with van der Waals surface area (Å²) in [6.45, 7) is 5.58. The van der Waals surface area contributed by atoms with Crippen molar-refractivity contribution in [2.45, 2.75) is 26.8 Å². The third kappa shape index (κ3) is 1.71. The van der Waals surface area contributed by atoms with Gasteiger partial charge in [0.05, 0.1) is 5.52 Å². The summed E-state index contributed by atoms with van der Waals surface area (Å²) in [4.78, 5) is 11.2. The Morgan fingerprint density at radius 2 is 2.12 bits per heavy atom. The zero-order chi connectivity index (χ0) is 11.9. The van der Waals surface area contributed by atoms with E-state index < -0.39 is 0 Å². The number of carbonyl (C=O) groups excluding carboxylic acids is 1. The lowest BCUT2D eigenvalue weighted by molar-refractivity contribution is 0.101. The van der Waals surface area contributed by atoms with E-state index in [2.05, 4.69) is 5.10 Å². The minimum Gasteiger partial charge on any atom is -0.295 e. The Morgan fingerprint density at radius 1 is 1.44 bits per heavy atom. The molecular formula is C12H13ClN2O. The fourth-order valence-electron chi connectivity index (χ4n) is 1.63. The molecule has 2 rings (SSSR count). The van der Waals surface area contributed by atoms with Crippen molar-refractivity contribution in [1.29, 1.82) is 0 Å².